The third kappa shape index (κ3) is 4.31. The fourth-order valence-electron chi connectivity index (χ4n) is 2.29. The highest BCUT2D eigenvalue weighted by molar-refractivity contribution is 5.68. The van der Waals surface area contributed by atoms with Crippen LogP contribution in [0.5, 0.6) is 0 Å². The number of nitrogens with zero attached hydrogens (tertiary/aromatic N) is 1. The second kappa shape index (κ2) is 6.26. The summed E-state index contributed by atoms with van der Waals surface area (Å²) in [5.74, 6) is 0.506. The summed E-state index contributed by atoms with van der Waals surface area (Å²) in [6, 6.07) is 0. The Labute approximate surface area is 119 Å². The van der Waals surface area contributed by atoms with Gasteiger partial charge >= 0.3 is 6.09 Å². The van der Waals surface area contributed by atoms with Crippen molar-refractivity contribution in [3.63, 3.8) is 0 Å². The normalized spacial score (nSPS) is 28.1. The number of nitrogens with one attached hydrogen (secondary N) is 1. The van der Waals surface area contributed by atoms with Gasteiger partial charge < -0.3 is 19.7 Å². The molecule has 5 nitrogen and oxygen atoms in total. The molecule has 2 rings (SSSR count). The number of hydrogen-bond donors (Lipinski definition) is 1. The summed E-state index contributed by atoms with van der Waals surface area (Å²) < 4.78 is 25.0. The molecule has 0 saturated carbocycles. The van der Waals surface area contributed by atoms with Gasteiger partial charge in [-0.2, -0.15) is 0 Å². The summed E-state index contributed by atoms with van der Waals surface area (Å²) in [6.45, 7) is 8.47. The van der Waals surface area contributed by atoms with Crippen LogP contribution < -0.4 is 5.32 Å². The van der Waals surface area contributed by atoms with E-state index >= 15 is 0 Å². The third-order valence-corrected chi connectivity index (χ3v) is 3.55. The van der Waals surface area contributed by atoms with Crippen molar-refractivity contribution in [2.24, 2.45) is 5.92 Å². The minimum atomic E-state index is -1.13. The van der Waals surface area contributed by atoms with Gasteiger partial charge in [0.2, 0.25) is 0 Å². The Hall–Kier alpha value is -0.880. The lowest BCUT2D eigenvalue weighted by Gasteiger charge is -2.36. The van der Waals surface area contributed by atoms with E-state index in [0.29, 0.717) is 25.5 Å². The lowest BCUT2D eigenvalue weighted by molar-refractivity contribution is -0.0647. The van der Waals surface area contributed by atoms with E-state index in [-0.39, 0.29) is 6.54 Å². The number of amides is 1. The molecule has 2 atom stereocenters. The maximum Gasteiger partial charge on any atom is 0.410 e. The third-order valence-electron chi connectivity index (χ3n) is 3.55. The van der Waals surface area contributed by atoms with E-state index in [1.165, 1.54) is 4.90 Å². The van der Waals surface area contributed by atoms with E-state index in [0.717, 1.165) is 13.1 Å². The number of rotatable bonds is 3. The Balaban J connectivity index is 1.74. The van der Waals surface area contributed by atoms with Crippen molar-refractivity contribution in [2.45, 2.75) is 45.1 Å². The number of piperidine rings is 1. The molecule has 2 heterocycles. The van der Waals surface area contributed by atoms with Gasteiger partial charge in [0.05, 0.1) is 19.3 Å². The van der Waals surface area contributed by atoms with Gasteiger partial charge in [-0.3, -0.25) is 0 Å². The van der Waals surface area contributed by atoms with E-state index in [1.54, 1.807) is 20.8 Å². The zero-order valence-corrected chi connectivity index (χ0v) is 12.5. The maximum absolute atomic E-state index is 14.1. The zero-order valence-electron chi connectivity index (χ0n) is 12.5. The Kier molecular flexibility index (Phi) is 4.86. The fourth-order valence-corrected chi connectivity index (χ4v) is 2.29. The minimum absolute atomic E-state index is 0.0580. The number of carbonyl (C=O) groups excluding carboxylic acids is 1. The monoisotopic (exact) mass is 288 g/mol. The van der Waals surface area contributed by atoms with E-state index in [4.69, 9.17) is 9.47 Å². The Morgan fingerprint density at radius 2 is 2.10 bits per heavy atom. The average Bonchev–Trinajstić information content (AvgIpc) is 2.26. The SMILES string of the molecule is CC(C)(C)OC(=O)N1CC[C@H](OCC2CNC2)[C@@H](F)C1. The van der Waals surface area contributed by atoms with E-state index in [9.17, 15) is 9.18 Å². The molecule has 0 radical (unpaired) electrons. The molecule has 2 saturated heterocycles. The Morgan fingerprint density at radius 1 is 1.40 bits per heavy atom. The van der Waals surface area contributed by atoms with Crippen molar-refractivity contribution in [1.82, 2.24) is 10.2 Å². The van der Waals surface area contributed by atoms with Gasteiger partial charge in [-0.1, -0.05) is 0 Å². The van der Waals surface area contributed by atoms with Gasteiger partial charge in [0, 0.05) is 25.6 Å². The van der Waals surface area contributed by atoms with E-state index in [2.05, 4.69) is 5.32 Å². The van der Waals surface area contributed by atoms with Crippen molar-refractivity contribution < 1.29 is 18.7 Å². The van der Waals surface area contributed by atoms with Crippen LogP contribution in [0.1, 0.15) is 27.2 Å². The number of carbonyl (C=O) groups is 1. The molecule has 0 spiro atoms. The lowest BCUT2D eigenvalue weighted by atomic mass is 10.0. The fraction of sp³-hybridized carbons (Fsp3) is 0.929. The summed E-state index contributed by atoms with van der Waals surface area (Å²) in [7, 11) is 0. The molecule has 0 aromatic heterocycles. The molecule has 0 unspecified atom stereocenters. The predicted molar refractivity (Wildman–Crippen MR) is 73.4 cm³/mol. The van der Waals surface area contributed by atoms with Crippen LogP contribution in [0.25, 0.3) is 0 Å². The second-order valence-corrected chi connectivity index (χ2v) is 6.63. The van der Waals surface area contributed by atoms with Crippen LogP contribution in [0, 0.1) is 5.92 Å². The van der Waals surface area contributed by atoms with Crippen molar-refractivity contribution >= 4 is 6.09 Å². The van der Waals surface area contributed by atoms with Crippen molar-refractivity contribution in [3.05, 3.63) is 0 Å². The second-order valence-electron chi connectivity index (χ2n) is 6.63. The standard InChI is InChI=1S/C14H25FN2O3/c1-14(2,3)20-13(18)17-5-4-12(11(15)8-17)19-9-10-6-16-7-10/h10-12,16H,4-9H2,1-3H3/t11-,12-/m0/s1. The molecular weight excluding hydrogens is 263 g/mol. The predicted octanol–water partition coefficient (Wildman–Crippen LogP) is 1.57. The highest BCUT2D eigenvalue weighted by Crippen LogP contribution is 2.21. The molecule has 1 amide bonds. The molecule has 2 aliphatic heterocycles. The summed E-state index contributed by atoms with van der Waals surface area (Å²) >= 11 is 0. The van der Waals surface area contributed by atoms with E-state index < -0.39 is 24.0 Å². The zero-order chi connectivity index (χ0) is 14.8. The summed E-state index contributed by atoms with van der Waals surface area (Å²) in [4.78, 5) is 13.3. The number of likely N-dealkylation sites (tertiary alicyclic amines) is 1. The number of alkyl halides is 1. The van der Waals surface area contributed by atoms with Gasteiger partial charge in [-0.25, -0.2) is 9.18 Å². The lowest BCUT2D eigenvalue weighted by Crippen LogP contribution is -2.51. The first-order chi connectivity index (χ1) is 9.35. The van der Waals surface area contributed by atoms with Gasteiger partial charge in [-0.15, -0.1) is 0 Å². The molecule has 20 heavy (non-hydrogen) atoms. The quantitative estimate of drug-likeness (QED) is 0.856. The number of halogens is 1. The largest absolute Gasteiger partial charge is 0.444 e. The molecule has 6 heteroatoms. The Morgan fingerprint density at radius 3 is 2.60 bits per heavy atom. The van der Waals surface area contributed by atoms with Crippen molar-refractivity contribution in [2.75, 3.05) is 32.8 Å². The smallest absolute Gasteiger partial charge is 0.410 e. The molecule has 2 aliphatic rings. The van der Waals surface area contributed by atoms with Gasteiger partial charge in [0.1, 0.15) is 11.8 Å². The van der Waals surface area contributed by atoms with Crippen molar-refractivity contribution in [1.29, 1.82) is 0 Å². The molecule has 2 fully saturated rings. The average molecular weight is 288 g/mol. The molecule has 0 aromatic carbocycles. The highest BCUT2D eigenvalue weighted by atomic mass is 19.1. The summed E-state index contributed by atoms with van der Waals surface area (Å²) in [5, 5.41) is 3.16. The maximum atomic E-state index is 14.1. The van der Waals surface area contributed by atoms with Gasteiger partial charge in [-0.05, 0) is 27.2 Å². The molecule has 116 valence electrons. The van der Waals surface area contributed by atoms with Crippen LogP contribution >= 0.6 is 0 Å². The van der Waals surface area contributed by atoms with Crippen LogP contribution in [-0.2, 0) is 9.47 Å². The summed E-state index contributed by atoms with van der Waals surface area (Å²) in [6.07, 6.45) is -1.44. The van der Waals surface area contributed by atoms with Crippen LogP contribution in [0.4, 0.5) is 9.18 Å². The van der Waals surface area contributed by atoms with Gasteiger partial charge in [0.15, 0.2) is 0 Å². The molecule has 0 bridgehead atoms. The van der Waals surface area contributed by atoms with Crippen molar-refractivity contribution in [3.8, 4) is 0 Å². The first-order valence-electron chi connectivity index (χ1n) is 7.29. The van der Waals surface area contributed by atoms with Crippen LogP contribution in [-0.4, -0.2) is 61.7 Å². The van der Waals surface area contributed by atoms with Gasteiger partial charge in [0.25, 0.3) is 0 Å². The number of ether oxygens (including phenoxy) is 2. The number of hydrogen-bond acceptors (Lipinski definition) is 4. The van der Waals surface area contributed by atoms with Crippen LogP contribution in [0.15, 0.2) is 0 Å². The highest BCUT2D eigenvalue weighted by Gasteiger charge is 2.34. The minimum Gasteiger partial charge on any atom is -0.444 e. The van der Waals surface area contributed by atoms with Crippen LogP contribution in [0.3, 0.4) is 0 Å². The first-order valence-corrected chi connectivity index (χ1v) is 7.29. The molecule has 1 N–H and O–H groups in total. The topological polar surface area (TPSA) is 50.8 Å². The molecular formula is C14H25FN2O3. The van der Waals surface area contributed by atoms with E-state index in [1.807, 2.05) is 0 Å². The molecule has 0 aliphatic carbocycles. The van der Waals surface area contributed by atoms with Crippen LogP contribution in [0.2, 0.25) is 0 Å². The first kappa shape index (κ1) is 15.5. The summed E-state index contributed by atoms with van der Waals surface area (Å²) in [5.41, 5.74) is -0.548. The molecule has 0 aromatic rings. The Bertz CT molecular complexity index is 342.